The first-order valence-corrected chi connectivity index (χ1v) is 8.03. The first kappa shape index (κ1) is 14.8. The Bertz CT molecular complexity index is 923. The molecular formula is C19H17NO4. The van der Waals surface area contributed by atoms with Crippen LogP contribution in [-0.2, 0) is 20.7 Å². The number of fused-ring (bicyclic) bond motifs is 3. The second-order valence-electron chi connectivity index (χ2n) is 6.10. The standard InChI is InChI=1S/C19H17NO4/c21-17(20-14-6-7-14)11-24-18(22)9-13-10-23-16-8-5-12-3-1-2-4-15(12)19(13)16/h1-5,8,10,14H,6-7,9,11H2,(H,20,21). The van der Waals surface area contributed by atoms with Gasteiger partial charge in [-0.15, -0.1) is 0 Å². The van der Waals surface area contributed by atoms with E-state index in [-0.39, 0.29) is 25.0 Å². The van der Waals surface area contributed by atoms with E-state index in [0.717, 1.165) is 40.1 Å². The average Bonchev–Trinajstić information content (AvgIpc) is 3.31. The number of benzene rings is 2. The zero-order valence-electron chi connectivity index (χ0n) is 13.1. The van der Waals surface area contributed by atoms with Gasteiger partial charge in [-0.25, -0.2) is 0 Å². The summed E-state index contributed by atoms with van der Waals surface area (Å²) in [6, 6.07) is 12.1. The predicted molar refractivity (Wildman–Crippen MR) is 89.5 cm³/mol. The van der Waals surface area contributed by atoms with Crippen molar-refractivity contribution in [1.82, 2.24) is 5.32 Å². The van der Waals surface area contributed by atoms with Crippen molar-refractivity contribution in [1.29, 1.82) is 0 Å². The fourth-order valence-electron chi connectivity index (χ4n) is 2.85. The third-order valence-electron chi connectivity index (χ3n) is 4.18. The Hall–Kier alpha value is -2.82. The van der Waals surface area contributed by atoms with Gasteiger partial charge in [0.15, 0.2) is 6.61 Å². The lowest BCUT2D eigenvalue weighted by atomic mass is 10.0. The second-order valence-corrected chi connectivity index (χ2v) is 6.10. The molecule has 0 aliphatic heterocycles. The molecule has 0 saturated heterocycles. The Morgan fingerprint density at radius 3 is 2.83 bits per heavy atom. The highest BCUT2D eigenvalue weighted by Crippen LogP contribution is 2.30. The highest BCUT2D eigenvalue weighted by molar-refractivity contribution is 6.08. The number of carbonyl (C=O) groups is 2. The van der Waals surface area contributed by atoms with Crippen LogP contribution < -0.4 is 5.32 Å². The summed E-state index contributed by atoms with van der Waals surface area (Å²) in [6.07, 6.45) is 3.68. The summed E-state index contributed by atoms with van der Waals surface area (Å²) in [5.74, 6) is -0.676. The highest BCUT2D eigenvalue weighted by Gasteiger charge is 2.23. The van der Waals surface area contributed by atoms with Crippen LogP contribution in [0.15, 0.2) is 47.1 Å². The van der Waals surface area contributed by atoms with E-state index in [0.29, 0.717) is 0 Å². The lowest BCUT2D eigenvalue weighted by molar-refractivity contribution is -0.147. The Morgan fingerprint density at radius 1 is 1.17 bits per heavy atom. The van der Waals surface area contributed by atoms with Crippen molar-refractivity contribution in [2.75, 3.05) is 6.61 Å². The lowest BCUT2D eigenvalue weighted by Crippen LogP contribution is -2.30. The van der Waals surface area contributed by atoms with Crippen molar-refractivity contribution in [3.63, 3.8) is 0 Å². The molecule has 0 bridgehead atoms. The molecule has 5 nitrogen and oxygen atoms in total. The molecule has 24 heavy (non-hydrogen) atoms. The first-order valence-electron chi connectivity index (χ1n) is 8.03. The molecule has 5 heteroatoms. The molecule has 0 atom stereocenters. The summed E-state index contributed by atoms with van der Waals surface area (Å²) >= 11 is 0. The van der Waals surface area contributed by atoms with Gasteiger partial charge in [-0.3, -0.25) is 9.59 Å². The van der Waals surface area contributed by atoms with E-state index in [4.69, 9.17) is 9.15 Å². The molecule has 1 aliphatic rings. The van der Waals surface area contributed by atoms with Gasteiger partial charge < -0.3 is 14.5 Å². The molecule has 1 aliphatic carbocycles. The van der Waals surface area contributed by atoms with Crippen molar-refractivity contribution in [3.8, 4) is 0 Å². The topological polar surface area (TPSA) is 68.5 Å². The number of hydrogen-bond acceptors (Lipinski definition) is 4. The Balaban J connectivity index is 1.50. The van der Waals surface area contributed by atoms with Crippen molar-refractivity contribution in [3.05, 3.63) is 48.2 Å². The molecule has 1 saturated carbocycles. The van der Waals surface area contributed by atoms with Crippen LogP contribution >= 0.6 is 0 Å². The molecule has 1 N–H and O–H groups in total. The van der Waals surface area contributed by atoms with E-state index < -0.39 is 5.97 Å². The maximum atomic E-state index is 12.1. The fourth-order valence-corrected chi connectivity index (χ4v) is 2.85. The van der Waals surface area contributed by atoms with Gasteiger partial charge in [0.05, 0.1) is 12.7 Å². The number of rotatable bonds is 5. The molecule has 122 valence electrons. The summed E-state index contributed by atoms with van der Waals surface area (Å²) in [4.78, 5) is 23.6. The highest BCUT2D eigenvalue weighted by atomic mass is 16.5. The molecular weight excluding hydrogens is 306 g/mol. The van der Waals surface area contributed by atoms with E-state index in [2.05, 4.69) is 5.32 Å². The van der Waals surface area contributed by atoms with Gasteiger partial charge in [0.2, 0.25) is 0 Å². The van der Waals surface area contributed by atoms with Crippen LogP contribution in [0.5, 0.6) is 0 Å². The quantitative estimate of drug-likeness (QED) is 0.733. The number of amides is 1. The van der Waals surface area contributed by atoms with Gasteiger partial charge >= 0.3 is 5.97 Å². The molecule has 1 amide bonds. The van der Waals surface area contributed by atoms with E-state index in [1.54, 1.807) is 6.26 Å². The van der Waals surface area contributed by atoms with E-state index in [1.807, 2.05) is 36.4 Å². The van der Waals surface area contributed by atoms with Crippen LogP contribution in [0, 0.1) is 0 Å². The van der Waals surface area contributed by atoms with Gasteiger partial charge in [-0.2, -0.15) is 0 Å². The number of nitrogens with one attached hydrogen (secondary N) is 1. The van der Waals surface area contributed by atoms with Crippen LogP contribution in [-0.4, -0.2) is 24.5 Å². The van der Waals surface area contributed by atoms with Crippen molar-refractivity contribution < 1.29 is 18.7 Å². The molecule has 1 heterocycles. The molecule has 1 fully saturated rings. The van der Waals surface area contributed by atoms with Crippen molar-refractivity contribution in [2.24, 2.45) is 0 Å². The predicted octanol–water partition coefficient (Wildman–Crippen LogP) is 2.95. The third kappa shape index (κ3) is 2.97. The minimum atomic E-state index is -0.434. The normalized spacial score (nSPS) is 14.0. The molecule has 0 spiro atoms. The Morgan fingerprint density at radius 2 is 2.00 bits per heavy atom. The Labute approximate surface area is 138 Å². The van der Waals surface area contributed by atoms with E-state index in [9.17, 15) is 9.59 Å². The zero-order valence-corrected chi connectivity index (χ0v) is 13.1. The van der Waals surface area contributed by atoms with Crippen LogP contribution in [0.2, 0.25) is 0 Å². The summed E-state index contributed by atoms with van der Waals surface area (Å²) in [5, 5.41) is 5.84. The van der Waals surface area contributed by atoms with Crippen LogP contribution in [0.4, 0.5) is 0 Å². The number of ether oxygens (including phenoxy) is 1. The van der Waals surface area contributed by atoms with Gasteiger partial charge in [0.25, 0.3) is 5.91 Å². The van der Waals surface area contributed by atoms with Gasteiger partial charge in [0.1, 0.15) is 5.58 Å². The molecule has 1 aromatic heterocycles. The fraction of sp³-hybridized carbons (Fsp3) is 0.263. The number of carbonyl (C=O) groups excluding carboxylic acids is 2. The molecule has 0 unspecified atom stereocenters. The zero-order chi connectivity index (χ0) is 16.5. The average molecular weight is 323 g/mol. The number of esters is 1. The summed E-state index contributed by atoms with van der Waals surface area (Å²) in [6.45, 7) is -0.230. The largest absolute Gasteiger partial charge is 0.464 e. The summed E-state index contributed by atoms with van der Waals surface area (Å²) in [7, 11) is 0. The monoisotopic (exact) mass is 323 g/mol. The minimum absolute atomic E-state index is 0.0811. The lowest BCUT2D eigenvalue weighted by Gasteiger charge is -2.05. The summed E-state index contributed by atoms with van der Waals surface area (Å²) in [5.41, 5.74) is 1.51. The molecule has 2 aromatic carbocycles. The molecule has 4 rings (SSSR count). The van der Waals surface area contributed by atoms with Gasteiger partial charge in [-0.05, 0) is 29.7 Å². The van der Waals surface area contributed by atoms with Crippen molar-refractivity contribution in [2.45, 2.75) is 25.3 Å². The van der Waals surface area contributed by atoms with Crippen LogP contribution in [0.3, 0.4) is 0 Å². The summed E-state index contributed by atoms with van der Waals surface area (Å²) < 4.78 is 10.6. The maximum absolute atomic E-state index is 12.1. The number of furan rings is 1. The van der Waals surface area contributed by atoms with Crippen molar-refractivity contribution >= 4 is 33.6 Å². The number of hydrogen-bond donors (Lipinski definition) is 1. The maximum Gasteiger partial charge on any atom is 0.310 e. The molecule has 3 aromatic rings. The van der Waals surface area contributed by atoms with Gasteiger partial charge in [0, 0.05) is 17.0 Å². The minimum Gasteiger partial charge on any atom is -0.464 e. The first-order chi connectivity index (χ1) is 11.7. The second kappa shape index (κ2) is 6.00. The van der Waals surface area contributed by atoms with E-state index in [1.165, 1.54) is 0 Å². The Kier molecular flexibility index (Phi) is 3.69. The van der Waals surface area contributed by atoms with E-state index >= 15 is 0 Å². The molecule has 0 radical (unpaired) electrons. The smallest absolute Gasteiger partial charge is 0.310 e. The SMILES string of the molecule is O=C(COC(=O)Cc1coc2ccc3ccccc3c12)NC1CC1. The van der Waals surface area contributed by atoms with Crippen LogP contribution in [0.25, 0.3) is 21.7 Å². The third-order valence-corrected chi connectivity index (χ3v) is 4.18. The van der Waals surface area contributed by atoms with Crippen LogP contribution in [0.1, 0.15) is 18.4 Å². The van der Waals surface area contributed by atoms with Gasteiger partial charge in [-0.1, -0.05) is 30.3 Å².